The van der Waals surface area contributed by atoms with Gasteiger partial charge in [0.1, 0.15) is 4.88 Å². The summed E-state index contributed by atoms with van der Waals surface area (Å²) >= 11 is 7.71. The highest BCUT2D eigenvalue weighted by molar-refractivity contribution is 7.13. The van der Waals surface area contributed by atoms with Crippen molar-refractivity contribution in [2.75, 3.05) is 6.61 Å². The minimum Gasteiger partial charge on any atom is -0.477 e. The fourth-order valence-electron chi connectivity index (χ4n) is 4.47. The van der Waals surface area contributed by atoms with Crippen LogP contribution < -0.4 is 0 Å². The second-order valence-electron chi connectivity index (χ2n) is 9.35. The van der Waals surface area contributed by atoms with Crippen molar-refractivity contribution in [3.8, 4) is 0 Å². The molecule has 35 heavy (non-hydrogen) atoms. The second kappa shape index (κ2) is 10.9. The van der Waals surface area contributed by atoms with Crippen LogP contribution in [0, 0.1) is 0 Å². The molecular weight excluding hydrogens is 480 g/mol. The zero-order valence-electron chi connectivity index (χ0n) is 19.9. The van der Waals surface area contributed by atoms with E-state index in [0.29, 0.717) is 18.4 Å². The molecule has 0 saturated heterocycles. The first kappa shape index (κ1) is 25.4. The monoisotopic (exact) mass is 508 g/mol. The lowest BCUT2D eigenvalue weighted by Crippen LogP contribution is -2.18. The molecule has 1 heterocycles. The van der Waals surface area contributed by atoms with Crippen molar-refractivity contribution in [1.82, 2.24) is 0 Å². The SMILES string of the molecule is CC(C)(c1ccccc1)c1ccc(CCC2=C(COCc3ccc(C(=O)O)s3)C(=O)CC2Cl)cc1. The number of aromatic carboxylic acids is 1. The number of thiophene rings is 1. The van der Waals surface area contributed by atoms with Crippen molar-refractivity contribution in [2.45, 2.75) is 50.5 Å². The van der Waals surface area contributed by atoms with Crippen molar-refractivity contribution in [3.05, 3.63) is 104 Å². The summed E-state index contributed by atoms with van der Waals surface area (Å²) in [6.45, 7) is 4.93. The lowest BCUT2D eigenvalue weighted by molar-refractivity contribution is -0.115. The van der Waals surface area contributed by atoms with Gasteiger partial charge < -0.3 is 9.84 Å². The molecule has 0 aliphatic heterocycles. The average molecular weight is 509 g/mol. The third-order valence-corrected chi connectivity index (χ3v) is 8.15. The van der Waals surface area contributed by atoms with Gasteiger partial charge in [-0.3, -0.25) is 4.79 Å². The van der Waals surface area contributed by atoms with E-state index >= 15 is 0 Å². The van der Waals surface area contributed by atoms with Gasteiger partial charge in [-0.15, -0.1) is 22.9 Å². The minimum absolute atomic E-state index is 0.0392. The van der Waals surface area contributed by atoms with E-state index in [1.807, 2.05) is 6.07 Å². The molecule has 1 atom stereocenters. The number of benzene rings is 2. The van der Waals surface area contributed by atoms with Crippen LogP contribution in [0.25, 0.3) is 0 Å². The Hall–Kier alpha value is -2.73. The van der Waals surface area contributed by atoms with Crippen molar-refractivity contribution in [1.29, 1.82) is 0 Å². The predicted molar refractivity (Wildman–Crippen MR) is 141 cm³/mol. The molecular formula is C29H29ClO4S. The van der Waals surface area contributed by atoms with Crippen LogP contribution >= 0.6 is 22.9 Å². The van der Waals surface area contributed by atoms with Crippen LogP contribution in [0.1, 0.15) is 57.9 Å². The average Bonchev–Trinajstić information content (AvgIpc) is 3.43. The number of carboxylic acid groups (broad SMARTS) is 1. The van der Waals surface area contributed by atoms with Crippen LogP contribution in [-0.2, 0) is 28.0 Å². The van der Waals surface area contributed by atoms with Crippen LogP contribution in [0.15, 0.2) is 77.9 Å². The van der Waals surface area contributed by atoms with Gasteiger partial charge in [-0.2, -0.15) is 0 Å². The Balaban J connectivity index is 1.39. The molecule has 2 aromatic carbocycles. The van der Waals surface area contributed by atoms with E-state index in [9.17, 15) is 9.59 Å². The van der Waals surface area contributed by atoms with Gasteiger partial charge in [0.25, 0.3) is 0 Å². The molecule has 4 rings (SSSR count). The fourth-order valence-corrected chi connectivity index (χ4v) is 5.64. The number of rotatable bonds is 10. The number of aryl methyl sites for hydroxylation is 1. The first-order chi connectivity index (χ1) is 16.8. The molecule has 0 bridgehead atoms. The number of allylic oxidation sites excluding steroid dienone is 1. The quantitative estimate of drug-likeness (QED) is 0.306. The first-order valence-corrected chi connectivity index (χ1v) is 12.9. The lowest BCUT2D eigenvalue weighted by Gasteiger charge is -2.26. The molecule has 0 amide bonds. The maximum atomic E-state index is 12.5. The summed E-state index contributed by atoms with van der Waals surface area (Å²) < 4.78 is 5.77. The number of hydrogen-bond acceptors (Lipinski definition) is 4. The largest absolute Gasteiger partial charge is 0.477 e. The van der Waals surface area contributed by atoms with Crippen LogP contribution in [0.4, 0.5) is 0 Å². The Morgan fingerprint density at radius 2 is 1.69 bits per heavy atom. The Morgan fingerprint density at radius 3 is 2.34 bits per heavy atom. The standard InChI is InChI=1S/C29H29ClO4S/c1-29(2,20-6-4-3-5-7-20)21-11-8-19(9-12-21)10-14-23-24(26(31)16-25(23)30)18-34-17-22-13-15-27(35-22)28(32)33/h3-9,11-13,15,25H,10,14,16-18H2,1-2H3,(H,32,33). The lowest BCUT2D eigenvalue weighted by atomic mass is 9.78. The van der Waals surface area contributed by atoms with Gasteiger partial charge >= 0.3 is 5.97 Å². The van der Waals surface area contributed by atoms with E-state index in [2.05, 4.69) is 62.4 Å². The van der Waals surface area contributed by atoms with Crippen LogP contribution in [0.3, 0.4) is 0 Å². The molecule has 0 radical (unpaired) electrons. The zero-order chi connectivity index (χ0) is 25.0. The highest BCUT2D eigenvalue weighted by Crippen LogP contribution is 2.34. The van der Waals surface area contributed by atoms with Gasteiger partial charge in [0.15, 0.2) is 5.78 Å². The molecule has 1 aromatic heterocycles. The molecule has 1 aliphatic rings. The molecule has 1 aliphatic carbocycles. The maximum absolute atomic E-state index is 12.5. The van der Waals surface area contributed by atoms with Gasteiger partial charge in [0, 0.05) is 22.3 Å². The molecule has 182 valence electrons. The van der Waals surface area contributed by atoms with Crippen LogP contribution in [0.2, 0.25) is 0 Å². The smallest absolute Gasteiger partial charge is 0.345 e. The van der Waals surface area contributed by atoms with Crippen molar-refractivity contribution in [2.24, 2.45) is 0 Å². The predicted octanol–water partition coefficient (Wildman–Crippen LogP) is 6.80. The van der Waals surface area contributed by atoms with Crippen LogP contribution in [0.5, 0.6) is 0 Å². The highest BCUT2D eigenvalue weighted by Gasteiger charge is 2.30. The summed E-state index contributed by atoms with van der Waals surface area (Å²) in [5, 5.41) is 8.76. The molecule has 3 aromatic rings. The number of ketones is 1. The van der Waals surface area contributed by atoms with E-state index in [4.69, 9.17) is 21.4 Å². The molecule has 4 nitrogen and oxygen atoms in total. The fraction of sp³-hybridized carbons (Fsp3) is 0.310. The molecule has 1 N–H and O–H groups in total. The number of halogens is 1. The van der Waals surface area contributed by atoms with Crippen molar-refractivity contribution in [3.63, 3.8) is 0 Å². The Morgan fingerprint density at radius 1 is 1.00 bits per heavy atom. The number of ether oxygens (including phenoxy) is 1. The highest BCUT2D eigenvalue weighted by atomic mass is 35.5. The van der Waals surface area contributed by atoms with Gasteiger partial charge in [-0.25, -0.2) is 4.79 Å². The number of carbonyl (C=O) groups is 2. The van der Waals surface area contributed by atoms with Gasteiger partial charge in [0.2, 0.25) is 0 Å². The summed E-state index contributed by atoms with van der Waals surface area (Å²) in [6.07, 6.45) is 1.82. The van der Waals surface area contributed by atoms with Gasteiger partial charge in [-0.05, 0) is 47.2 Å². The molecule has 0 saturated carbocycles. The molecule has 6 heteroatoms. The zero-order valence-corrected chi connectivity index (χ0v) is 21.5. The van der Waals surface area contributed by atoms with Gasteiger partial charge in [-0.1, -0.05) is 68.4 Å². The van der Waals surface area contributed by atoms with Crippen LogP contribution in [-0.4, -0.2) is 28.8 Å². The van der Waals surface area contributed by atoms with E-state index in [0.717, 1.165) is 16.9 Å². The first-order valence-electron chi connectivity index (χ1n) is 11.7. The Labute approximate surface area is 215 Å². The second-order valence-corrected chi connectivity index (χ2v) is 11.0. The van der Waals surface area contributed by atoms with Crippen molar-refractivity contribution >= 4 is 34.7 Å². The summed E-state index contributed by atoms with van der Waals surface area (Å²) in [6, 6.07) is 22.5. The maximum Gasteiger partial charge on any atom is 0.345 e. The summed E-state index contributed by atoms with van der Waals surface area (Å²) in [5.41, 5.74) is 5.28. The number of carboxylic acids is 1. The number of Topliss-reactive ketones (excluding diaryl/α,β-unsaturated/α-hetero) is 1. The Bertz CT molecular complexity index is 1230. The summed E-state index contributed by atoms with van der Waals surface area (Å²) in [4.78, 5) is 24.7. The van der Waals surface area contributed by atoms with Gasteiger partial charge in [0.05, 0.1) is 18.6 Å². The molecule has 0 fully saturated rings. The third kappa shape index (κ3) is 5.92. The summed E-state index contributed by atoms with van der Waals surface area (Å²) in [5.74, 6) is -0.906. The van der Waals surface area contributed by atoms with E-state index < -0.39 is 5.97 Å². The topological polar surface area (TPSA) is 63.6 Å². The summed E-state index contributed by atoms with van der Waals surface area (Å²) in [7, 11) is 0. The molecule has 1 unspecified atom stereocenters. The third-order valence-electron chi connectivity index (χ3n) is 6.68. The van der Waals surface area contributed by atoms with Crippen molar-refractivity contribution < 1.29 is 19.4 Å². The number of carbonyl (C=O) groups excluding carboxylic acids is 1. The van der Waals surface area contributed by atoms with E-state index in [-0.39, 0.29) is 34.7 Å². The Kier molecular flexibility index (Phi) is 7.90. The van der Waals surface area contributed by atoms with E-state index in [1.165, 1.54) is 28.0 Å². The molecule has 0 spiro atoms. The number of hydrogen-bond donors (Lipinski definition) is 1. The normalized spacial score (nSPS) is 16.2. The van der Waals surface area contributed by atoms with E-state index in [1.54, 1.807) is 12.1 Å². The number of alkyl halides is 1. The minimum atomic E-state index is -0.946.